The fourth-order valence-corrected chi connectivity index (χ4v) is 4.97. The van der Waals surface area contributed by atoms with Gasteiger partial charge in [0.25, 0.3) is 0 Å². The molecule has 3 heterocycles. The summed E-state index contributed by atoms with van der Waals surface area (Å²) in [6.07, 6.45) is 1.22. The van der Waals surface area contributed by atoms with Gasteiger partial charge in [0.2, 0.25) is 0 Å². The average Bonchev–Trinajstić information content (AvgIpc) is 2.87. The van der Waals surface area contributed by atoms with Crippen LogP contribution in [0.3, 0.4) is 0 Å². The van der Waals surface area contributed by atoms with Gasteiger partial charge < -0.3 is 4.74 Å². The van der Waals surface area contributed by atoms with Crippen LogP contribution in [0.1, 0.15) is 35.9 Å². The van der Waals surface area contributed by atoms with Crippen LogP contribution in [0.25, 0.3) is 0 Å². The van der Waals surface area contributed by atoms with E-state index in [9.17, 15) is 0 Å². The molecule has 0 spiro atoms. The lowest BCUT2D eigenvalue weighted by Gasteiger charge is -2.42. The highest BCUT2D eigenvalue weighted by atomic mass is 16.5. The van der Waals surface area contributed by atoms with Gasteiger partial charge in [-0.15, -0.1) is 0 Å². The Bertz CT molecular complexity index is 772. The molecule has 5 heteroatoms. The minimum Gasteiger partial charge on any atom is -0.380 e. The molecule has 152 valence electrons. The van der Waals surface area contributed by atoms with Gasteiger partial charge in [0.15, 0.2) is 0 Å². The van der Waals surface area contributed by atoms with Crippen LogP contribution in [0.5, 0.6) is 0 Å². The monoisotopic (exact) mass is 382 g/mol. The topological polar surface area (TPSA) is 33.5 Å². The first-order valence-electron chi connectivity index (χ1n) is 10.8. The van der Waals surface area contributed by atoms with Crippen LogP contribution in [0.2, 0.25) is 0 Å². The molecule has 2 saturated heterocycles. The summed E-state index contributed by atoms with van der Waals surface area (Å²) in [7, 11) is 0. The first kappa shape index (κ1) is 19.6. The van der Waals surface area contributed by atoms with Crippen molar-refractivity contribution in [3.63, 3.8) is 0 Å². The lowest BCUT2D eigenvalue weighted by atomic mass is 9.90. The molecule has 2 fully saturated rings. The second-order valence-electron chi connectivity index (χ2n) is 8.35. The van der Waals surface area contributed by atoms with E-state index >= 15 is 0 Å². The van der Waals surface area contributed by atoms with Crippen LogP contribution < -0.4 is 0 Å². The van der Waals surface area contributed by atoms with Gasteiger partial charge in [0, 0.05) is 62.5 Å². The number of aromatic nitrogens is 2. The Morgan fingerprint density at radius 3 is 2.68 bits per heavy atom. The predicted molar refractivity (Wildman–Crippen MR) is 112 cm³/mol. The number of nitrogens with zero attached hydrogens (tertiary/aromatic N) is 4. The highest BCUT2D eigenvalue weighted by molar-refractivity contribution is 5.24. The Morgan fingerprint density at radius 2 is 1.93 bits per heavy atom. The predicted octanol–water partition coefficient (Wildman–Crippen LogP) is 3.24. The number of aryl methyl sites for hydroxylation is 2. The first-order valence-corrected chi connectivity index (χ1v) is 10.8. The molecule has 0 unspecified atom stereocenters. The van der Waals surface area contributed by atoms with Gasteiger partial charge in [-0.2, -0.15) is 5.10 Å². The van der Waals surface area contributed by atoms with E-state index in [0.717, 1.165) is 52.5 Å². The van der Waals surface area contributed by atoms with E-state index in [-0.39, 0.29) is 0 Å². The Hall–Kier alpha value is -1.69. The maximum absolute atomic E-state index is 6.01. The van der Waals surface area contributed by atoms with Crippen molar-refractivity contribution in [3.8, 4) is 0 Å². The van der Waals surface area contributed by atoms with Crippen molar-refractivity contribution in [2.75, 3.05) is 32.8 Å². The third-order valence-electron chi connectivity index (χ3n) is 6.54. The summed E-state index contributed by atoms with van der Waals surface area (Å²) in [6, 6.07) is 11.5. The molecule has 2 aromatic rings. The van der Waals surface area contributed by atoms with Crippen molar-refractivity contribution in [1.29, 1.82) is 0 Å². The third kappa shape index (κ3) is 4.17. The zero-order valence-electron chi connectivity index (χ0n) is 17.6. The smallest absolute Gasteiger partial charge is 0.0641 e. The number of likely N-dealkylation sites (tertiary alicyclic amines) is 1. The standard InChI is InChI=1S/C23H34N4O/c1-4-27-19(3)22(18(2)24-27)16-25-11-10-23-21(15-25)17-28-13-12-26(23)14-20-8-6-5-7-9-20/h5-9,21,23H,4,10-17H2,1-3H3/t21-,23-/m1/s1. The van der Waals surface area contributed by atoms with Crippen molar-refractivity contribution in [2.24, 2.45) is 5.92 Å². The second kappa shape index (κ2) is 8.76. The highest BCUT2D eigenvalue weighted by Crippen LogP contribution is 2.28. The normalized spacial score (nSPS) is 24.1. The molecule has 4 rings (SSSR count). The van der Waals surface area contributed by atoms with Gasteiger partial charge in [-0.3, -0.25) is 14.5 Å². The molecule has 0 bridgehead atoms. The van der Waals surface area contributed by atoms with Gasteiger partial charge in [-0.1, -0.05) is 30.3 Å². The fraction of sp³-hybridized carbons (Fsp3) is 0.609. The van der Waals surface area contributed by atoms with E-state index in [2.05, 4.69) is 65.6 Å². The molecule has 2 aliphatic heterocycles. The summed E-state index contributed by atoms with van der Waals surface area (Å²) in [6.45, 7) is 14.6. The van der Waals surface area contributed by atoms with Crippen molar-refractivity contribution < 1.29 is 4.74 Å². The second-order valence-corrected chi connectivity index (χ2v) is 8.35. The summed E-state index contributed by atoms with van der Waals surface area (Å²) < 4.78 is 8.15. The van der Waals surface area contributed by atoms with Crippen LogP contribution in [-0.4, -0.2) is 58.5 Å². The SMILES string of the molecule is CCn1nc(C)c(CN2CC[C@@H]3[C@@H](COCCN3Cc3ccccc3)C2)c1C. The molecule has 1 aromatic heterocycles. The van der Waals surface area contributed by atoms with Crippen LogP contribution >= 0.6 is 0 Å². The quantitative estimate of drug-likeness (QED) is 0.795. The number of hydrogen-bond donors (Lipinski definition) is 0. The minimum absolute atomic E-state index is 0.585. The molecule has 0 N–H and O–H groups in total. The molecular formula is C23H34N4O. The zero-order valence-corrected chi connectivity index (χ0v) is 17.6. The van der Waals surface area contributed by atoms with E-state index in [1.807, 2.05) is 0 Å². The largest absolute Gasteiger partial charge is 0.380 e. The fourth-order valence-electron chi connectivity index (χ4n) is 4.97. The summed E-state index contributed by atoms with van der Waals surface area (Å²) in [4.78, 5) is 5.28. The van der Waals surface area contributed by atoms with Crippen molar-refractivity contribution >= 4 is 0 Å². The maximum atomic E-state index is 6.01. The van der Waals surface area contributed by atoms with Crippen LogP contribution in [-0.2, 0) is 24.4 Å². The van der Waals surface area contributed by atoms with Crippen molar-refractivity contribution in [2.45, 2.75) is 52.9 Å². The Kier molecular flexibility index (Phi) is 6.14. The van der Waals surface area contributed by atoms with Gasteiger partial charge in [-0.05, 0) is 32.8 Å². The molecule has 0 saturated carbocycles. The summed E-state index contributed by atoms with van der Waals surface area (Å²) in [5.41, 5.74) is 5.33. The van der Waals surface area contributed by atoms with Crippen molar-refractivity contribution in [1.82, 2.24) is 19.6 Å². The number of fused-ring (bicyclic) bond motifs is 1. The van der Waals surface area contributed by atoms with E-state index in [1.165, 1.54) is 28.9 Å². The molecular weight excluding hydrogens is 348 g/mol. The lowest BCUT2D eigenvalue weighted by Crippen LogP contribution is -2.51. The number of ether oxygens (including phenoxy) is 1. The Morgan fingerprint density at radius 1 is 1.11 bits per heavy atom. The molecule has 5 nitrogen and oxygen atoms in total. The summed E-state index contributed by atoms with van der Waals surface area (Å²) >= 11 is 0. The molecule has 0 aliphatic carbocycles. The molecule has 1 aromatic carbocycles. The van der Waals surface area contributed by atoms with Gasteiger partial charge in [0.1, 0.15) is 0 Å². The number of rotatable bonds is 5. The number of hydrogen-bond acceptors (Lipinski definition) is 4. The molecule has 2 atom stereocenters. The number of benzene rings is 1. The van der Waals surface area contributed by atoms with Crippen LogP contribution in [0.4, 0.5) is 0 Å². The molecule has 0 radical (unpaired) electrons. The minimum atomic E-state index is 0.585. The maximum Gasteiger partial charge on any atom is 0.0641 e. The highest BCUT2D eigenvalue weighted by Gasteiger charge is 2.35. The van der Waals surface area contributed by atoms with E-state index in [4.69, 9.17) is 9.84 Å². The molecule has 0 amide bonds. The lowest BCUT2D eigenvalue weighted by molar-refractivity contribution is 0.0438. The average molecular weight is 383 g/mol. The van der Waals surface area contributed by atoms with E-state index in [1.54, 1.807) is 0 Å². The molecule has 2 aliphatic rings. The zero-order chi connectivity index (χ0) is 19.5. The van der Waals surface area contributed by atoms with Gasteiger partial charge >= 0.3 is 0 Å². The Balaban J connectivity index is 1.44. The first-order chi connectivity index (χ1) is 13.7. The van der Waals surface area contributed by atoms with Gasteiger partial charge in [0.05, 0.1) is 18.9 Å². The summed E-state index contributed by atoms with van der Waals surface area (Å²) in [5, 5.41) is 4.71. The van der Waals surface area contributed by atoms with Crippen LogP contribution in [0.15, 0.2) is 30.3 Å². The Labute approximate surface area is 169 Å². The van der Waals surface area contributed by atoms with E-state index < -0.39 is 0 Å². The van der Waals surface area contributed by atoms with Gasteiger partial charge in [-0.25, -0.2) is 0 Å². The van der Waals surface area contributed by atoms with Crippen LogP contribution in [0, 0.1) is 19.8 Å². The third-order valence-corrected chi connectivity index (χ3v) is 6.54. The summed E-state index contributed by atoms with van der Waals surface area (Å²) in [5.74, 6) is 0.585. The van der Waals surface area contributed by atoms with E-state index in [0.29, 0.717) is 12.0 Å². The molecule has 28 heavy (non-hydrogen) atoms. The number of piperidine rings is 1. The van der Waals surface area contributed by atoms with Crippen molar-refractivity contribution in [3.05, 3.63) is 52.8 Å².